The molecule has 1 unspecified atom stereocenters. The average molecular weight is 454 g/mol. The third kappa shape index (κ3) is 3.81. The summed E-state index contributed by atoms with van der Waals surface area (Å²) in [6, 6.07) is 8.65. The molecule has 4 rings (SSSR count). The van der Waals surface area contributed by atoms with Gasteiger partial charge in [0, 0.05) is 6.07 Å². The Morgan fingerprint density at radius 2 is 1.94 bits per heavy atom. The molecule has 11 heteroatoms. The molecule has 160 valence electrons. The van der Waals surface area contributed by atoms with Crippen LogP contribution in [0.1, 0.15) is 24.4 Å². The number of nitriles is 1. The van der Waals surface area contributed by atoms with Crippen molar-refractivity contribution in [3.05, 3.63) is 81.0 Å². The average Bonchev–Trinajstić information content (AvgIpc) is 2.73. The standard InChI is InChI=1S/C21H14ClF2N7O/c1-10(28-18-11(8-25)9-27-21(26)30-18)19-29-16-4-2-3-15(22)17(16)20(32)31(19)14-6-12(23)5-13(24)7-14/h2-7,9-10H,1H3,(H3,26,27,28,30). The number of benzene rings is 2. The summed E-state index contributed by atoms with van der Waals surface area (Å²) in [5.41, 5.74) is 5.34. The van der Waals surface area contributed by atoms with Crippen molar-refractivity contribution in [2.45, 2.75) is 13.0 Å². The van der Waals surface area contributed by atoms with Crippen LogP contribution in [-0.4, -0.2) is 19.5 Å². The van der Waals surface area contributed by atoms with Crippen molar-refractivity contribution in [3.63, 3.8) is 0 Å². The maximum Gasteiger partial charge on any atom is 0.267 e. The highest BCUT2D eigenvalue weighted by Crippen LogP contribution is 2.26. The first-order valence-electron chi connectivity index (χ1n) is 9.25. The van der Waals surface area contributed by atoms with Gasteiger partial charge < -0.3 is 11.1 Å². The highest BCUT2D eigenvalue weighted by molar-refractivity contribution is 6.35. The second kappa shape index (κ2) is 8.20. The number of anilines is 2. The number of halogens is 3. The smallest absolute Gasteiger partial charge is 0.267 e. The molecule has 8 nitrogen and oxygen atoms in total. The molecule has 0 saturated heterocycles. The lowest BCUT2D eigenvalue weighted by molar-refractivity contribution is 0.579. The Labute approximate surface area is 184 Å². The first-order chi connectivity index (χ1) is 15.3. The Hall–Kier alpha value is -4.10. The van der Waals surface area contributed by atoms with Crippen LogP contribution in [0.2, 0.25) is 5.02 Å². The van der Waals surface area contributed by atoms with E-state index >= 15 is 0 Å². The molecule has 0 aliphatic rings. The van der Waals surface area contributed by atoms with Gasteiger partial charge in [-0.25, -0.2) is 18.7 Å². The van der Waals surface area contributed by atoms with E-state index in [1.54, 1.807) is 19.1 Å². The first-order valence-corrected chi connectivity index (χ1v) is 9.63. The van der Waals surface area contributed by atoms with Gasteiger partial charge in [-0.2, -0.15) is 10.2 Å². The third-order valence-corrected chi connectivity index (χ3v) is 4.96. The lowest BCUT2D eigenvalue weighted by atomic mass is 10.2. The lowest BCUT2D eigenvalue weighted by Gasteiger charge is -2.21. The summed E-state index contributed by atoms with van der Waals surface area (Å²) in [4.78, 5) is 25.7. The summed E-state index contributed by atoms with van der Waals surface area (Å²) in [7, 11) is 0. The maximum absolute atomic E-state index is 14.0. The number of hydrogen-bond donors (Lipinski definition) is 2. The molecular formula is C21H14ClF2N7O. The fourth-order valence-electron chi connectivity index (χ4n) is 3.27. The van der Waals surface area contributed by atoms with Crippen LogP contribution in [0, 0.1) is 23.0 Å². The zero-order valence-electron chi connectivity index (χ0n) is 16.5. The zero-order chi connectivity index (χ0) is 23.0. The molecule has 0 bridgehead atoms. The Bertz CT molecular complexity index is 1450. The van der Waals surface area contributed by atoms with E-state index in [0.717, 1.165) is 16.7 Å². The van der Waals surface area contributed by atoms with Gasteiger partial charge >= 0.3 is 0 Å². The van der Waals surface area contributed by atoms with Crippen molar-refractivity contribution in [1.82, 2.24) is 19.5 Å². The first kappa shape index (κ1) is 21.1. The quantitative estimate of drug-likeness (QED) is 0.482. The molecule has 32 heavy (non-hydrogen) atoms. The van der Waals surface area contributed by atoms with Crippen molar-refractivity contribution in [2.75, 3.05) is 11.1 Å². The Balaban J connectivity index is 1.97. The molecule has 0 saturated carbocycles. The predicted molar refractivity (Wildman–Crippen MR) is 115 cm³/mol. The number of rotatable bonds is 4. The monoisotopic (exact) mass is 453 g/mol. The maximum atomic E-state index is 14.0. The van der Waals surface area contributed by atoms with Crippen LogP contribution in [0.3, 0.4) is 0 Å². The predicted octanol–water partition coefficient (Wildman–Crippen LogP) is 3.73. The molecular weight excluding hydrogens is 440 g/mol. The number of fused-ring (bicyclic) bond motifs is 1. The molecule has 0 radical (unpaired) electrons. The van der Waals surface area contributed by atoms with Gasteiger partial charge in [-0.1, -0.05) is 17.7 Å². The number of aromatic nitrogens is 4. The third-order valence-electron chi connectivity index (χ3n) is 4.65. The molecule has 0 fully saturated rings. The van der Waals surface area contributed by atoms with Gasteiger partial charge in [-0.05, 0) is 31.2 Å². The van der Waals surface area contributed by atoms with E-state index < -0.39 is 23.2 Å². The number of hydrogen-bond acceptors (Lipinski definition) is 7. The van der Waals surface area contributed by atoms with Gasteiger partial charge in [-0.15, -0.1) is 0 Å². The van der Waals surface area contributed by atoms with E-state index in [9.17, 15) is 18.8 Å². The van der Waals surface area contributed by atoms with Crippen LogP contribution >= 0.6 is 11.6 Å². The molecule has 1 atom stereocenters. The van der Waals surface area contributed by atoms with E-state index in [4.69, 9.17) is 17.3 Å². The topological polar surface area (TPSA) is 123 Å². The van der Waals surface area contributed by atoms with Gasteiger partial charge in [0.1, 0.15) is 34.9 Å². The molecule has 2 aromatic carbocycles. The van der Waals surface area contributed by atoms with Crippen molar-refractivity contribution >= 4 is 34.3 Å². The van der Waals surface area contributed by atoms with Gasteiger partial charge in [-0.3, -0.25) is 9.36 Å². The summed E-state index contributed by atoms with van der Waals surface area (Å²) < 4.78 is 29.0. The summed E-state index contributed by atoms with van der Waals surface area (Å²) >= 11 is 6.22. The van der Waals surface area contributed by atoms with Gasteiger partial charge in [0.05, 0.1) is 33.9 Å². The van der Waals surface area contributed by atoms with Gasteiger partial charge in [0.25, 0.3) is 5.56 Å². The minimum Gasteiger partial charge on any atom is -0.368 e. The van der Waals surface area contributed by atoms with Crippen molar-refractivity contribution in [2.24, 2.45) is 0 Å². The minimum atomic E-state index is -0.868. The number of nitrogens with two attached hydrogens (primary N) is 1. The van der Waals surface area contributed by atoms with Crippen LogP contribution in [0.4, 0.5) is 20.5 Å². The summed E-state index contributed by atoms with van der Waals surface area (Å²) in [5.74, 6) is -1.58. The minimum absolute atomic E-state index is 0.0680. The largest absolute Gasteiger partial charge is 0.368 e. The van der Waals surface area contributed by atoms with Crippen molar-refractivity contribution in [1.29, 1.82) is 5.26 Å². The molecule has 4 aromatic rings. The molecule has 0 amide bonds. The van der Waals surface area contributed by atoms with Crippen LogP contribution in [-0.2, 0) is 0 Å². The van der Waals surface area contributed by atoms with Crippen LogP contribution < -0.4 is 16.6 Å². The Morgan fingerprint density at radius 3 is 2.62 bits per heavy atom. The Kier molecular flexibility index (Phi) is 5.42. The summed E-state index contributed by atoms with van der Waals surface area (Å²) in [6.07, 6.45) is 1.25. The number of nitrogen functional groups attached to an aromatic ring is 1. The Morgan fingerprint density at radius 1 is 1.22 bits per heavy atom. The second-order valence-electron chi connectivity index (χ2n) is 6.84. The molecule has 0 aliphatic heterocycles. The zero-order valence-corrected chi connectivity index (χ0v) is 17.2. The molecule has 2 heterocycles. The van der Waals surface area contributed by atoms with Crippen LogP contribution in [0.25, 0.3) is 16.6 Å². The van der Waals surface area contributed by atoms with E-state index in [2.05, 4.69) is 20.3 Å². The van der Waals surface area contributed by atoms with Crippen LogP contribution in [0.15, 0.2) is 47.4 Å². The van der Waals surface area contributed by atoms with Gasteiger partial charge in [0.15, 0.2) is 0 Å². The number of nitrogens with zero attached hydrogens (tertiary/aromatic N) is 5. The van der Waals surface area contributed by atoms with Gasteiger partial charge in [0.2, 0.25) is 5.95 Å². The molecule has 3 N–H and O–H groups in total. The molecule has 0 aliphatic carbocycles. The van der Waals surface area contributed by atoms with E-state index in [1.807, 2.05) is 6.07 Å². The van der Waals surface area contributed by atoms with Crippen molar-refractivity contribution < 1.29 is 8.78 Å². The number of nitrogens with one attached hydrogen (secondary N) is 1. The molecule has 0 spiro atoms. The summed E-state index contributed by atoms with van der Waals surface area (Å²) in [6.45, 7) is 1.64. The van der Waals surface area contributed by atoms with Crippen LogP contribution in [0.5, 0.6) is 0 Å². The second-order valence-corrected chi connectivity index (χ2v) is 7.25. The van der Waals surface area contributed by atoms with E-state index in [0.29, 0.717) is 11.6 Å². The molecule has 2 aromatic heterocycles. The SMILES string of the molecule is CC(Nc1nc(N)ncc1C#N)c1nc2cccc(Cl)c2c(=O)n1-c1cc(F)cc(F)c1. The lowest BCUT2D eigenvalue weighted by Crippen LogP contribution is -2.28. The normalized spacial score (nSPS) is 11.8. The van der Waals surface area contributed by atoms with E-state index in [1.165, 1.54) is 12.3 Å². The van der Waals surface area contributed by atoms with E-state index in [-0.39, 0.29) is 39.3 Å². The highest BCUT2D eigenvalue weighted by atomic mass is 35.5. The fourth-order valence-corrected chi connectivity index (χ4v) is 3.52. The van der Waals surface area contributed by atoms with Crippen molar-refractivity contribution in [3.8, 4) is 11.8 Å². The fraction of sp³-hybridized carbons (Fsp3) is 0.0952. The highest BCUT2D eigenvalue weighted by Gasteiger charge is 2.21. The summed E-state index contributed by atoms with van der Waals surface area (Å²) in [5, 5.41) is 12.5.